The molecule has 0 radical (unpaired) electrons. The van der Waals surface area contributed by atoms with Gasteiger partial charge in [-0.25, -0.2) is 8.78 Å². The minimum absolute atomic E-state index is 0.0387. The lowest BCUT2D eigenvalue weighted by atomic mass is 10.1. The van der Waals surface area contributed by atoms with Crippen LogP contribution in [-0.4, -0.2) is 20.3 Å². The van der Waals surface area contributed by atoms with E-state index in [1.54, 1.807) is 6.92 Å². The van der Waals surface area contributed by atoms with Crippen LogP contribution in [-0.2, 0) is 6.42 Å². The van der Waals surface area contributed by atoms with E-state index in [1.807, 2.05) is 0 Å². The van der Waals surface area contributed by atoms with Gasteiger partial charge in [0.15, 0.2) is 11.6 Å². The van der Waals surface area contributed by atoms with E-state index in [1.165, 1.54) is 12.1 Å². The molecule has 0 bridgehead atoms. The van der Waals surface area contributed by atoms with E-state index in [-0.39, 0.29) is 11.8 Å². The molecule has 8 heteroatoms. The smallest absolute Gasteiger partial charge is 0.230 e. The number of nitrogens with zero attached hydrogens (tertiary/aromatic N) is 4. The Balaban J connectivity index is 1.48. The van der Waals surface area contributed by atoms with Crippen LogP contribution in [0.1, 0.15) is 47.3 Å². The fourth-order valence-corrected chi connectivity index (χ4v) is 2.66. The standard InChI is InChI=1S/C15H12F2N4O2/c1-7-18-13(20-22-7)6-14-19-15(23-21-14)11-5-10(11)9-3-2-8(16)4-12(9)17/h2-4,10-11H,5-6H2,1H3/t10-,11-/m0/s1. The maximum Gasteiger partial charge on any atom is 0.230 e. The van der Waals surface area contributed by atoms with Crippen LogP contribution in [0.3, 0.4) is 0 Å². The zero-order valence-electron chi connectivity index (χ0n) is 12.2. The van der Waals surface area contributed by atoms with Gasteiger partial charge in [-0.2, -0.15) is 9.97 Å². The van der Waals surface area contributed by atoms with Crippen LogP contribution >= 0.6 is 0 Å². The van der Waals surface area contributed by atoms with Gasteiger partial charge in [0.1, 0.15) is 11.6 Å². The van der Waals surface area contributed by atoms with E-state index in [9.17, 15) is 8.78 Å². The van der Waals surface area contributed by atoms with Gasteiger partial charge >= 0.3 is 0 Å². The van der Waals surface area contributed by atoms with Crippen LogP contribution in [0.4, 0.5) is 8.78 Å². The van der Waals surface area contributed by atoms with Crippen molar-refractivity contribution in [3.05, 3.63) is 58.8 Å². The van der Waals surface area contributed by atoms with Gasteiger partial charge in [-0.05, 0) is 24.0 Å². The van der Waals surface area contributed by atoms with E-state index < -0.39 is 11.6 Å². The monoisotopic (exact) mass is 318 g/mol. The molecule has 1 fully saturated rings. The average molecular weight is 318 g/mol. The van der Waals surface area contributed by atoms with Crippen molar-refractivity contribution in [3.63, 3.8) is 0 Å². The highest BCUT2D eigenvalue weighted by Gasteiger charge is 2.45. The van der Waals surface area contributed by atoms with Gasteiger partial charge in [-0.3, -0.25) is 0 Å². The Morgan fingerprint density at radius 3 is 2.61 bits per heavy atom. The number of halogens is 2. The molecule has 3 aromatic rings. The second kappa shape index (κ2) is 5.22. The Bertz CT molecular complexity index is 861. The Hall–Kier alpha value is -2.64. The van der Waals surface area contributed by atoms with Gasteiger partial charge in [0.2, 0.25) is 11.8 Å². The molecule has 1 aliphatic carbocycles. The molecule has 1 saturated carbocycles. The second-order valence-electron chi connectivity index (χ2n) is 5.57. The summed E-state index contributed by atoms with van der Waals surface area (Å²) in [6.07, 6.45) is 1.01. The summed E-state index contributed by atoms with van der Waals surface area (Å²) < 4.78 is 36.9. The summed E-state index contributed by atoms with van der Waals surface area (Å²) in [6, 6.07) is 3.61. The molecule has 118 valence electrons. The molecule has 0 unspecified atom stereocenters. The normalized spacial score (nSPS) is 20.0. The maximum absolute atomic E-state index is 13.8. The van der Waals surface area contributed by atoms with Crippen molar-refractivity contribution in [1.82, 2.24) is 20.3 Å². The summed E-state index contributed by atoms with van der Waals surface area (Å²) in [4.78, 5) is 8.38. The number of aryl methyl sites for hydroxylation is 1. The zero-order valence-corrected chi connectivity index (χ0v) is 12.2. The summed E-state index contributed by atoms with van der Waals surface area (Å²) in [6.45, 7) is 1.70. The Morgan fingerprint density at radius 1 is 1.09 bits per heavy atom. The Labute approximate surface area is 129 Å². The lowest BCUT2D eigenvalue weighted by Crippen LogP contribution is -1.94. The Kier molecular flexibility index (Phi) is 3.17. The number of benzene rings is 1. The topological polar surface area (TPSA) is 77.8 Å². The summed E-state index contributed by atoms with van der Waals surface area (Å²) in [5.74, 6) is 0.627. The first kappa shape index (κ1) is 14.0. The number of rotatable bonds is 4. The number of hydrogen-bond donors (Lipinski definition) is 0. The highest BCUT2D eigenvalue weighted by Crippen LogP contribution is 2.54. The maximum atomic E-state index is 13.8. The molecule has 0 spiro atoms. The third-order valence-electron chi connectivity index (χ3n) is 3.84. The van der Waals surface area contributed by atoms with Gasteiger partial charge < -0.3 is 9.05 Å². The molecule has 4 rings (SSSR count). The molecule has 2 heterocycles. The number of aromatic nitrogens is 4. The third-order valence-corrected chi connectivity index (χ3v) is 3.84. The van der Waals surface area contributed by atoms with Gasteiger partial charge in [-0.15, -0.1) is 0 Å². The average Bonchev–Trinajstić information content (AvgIpc) is 2.95. The van der Waals surface area contributed by atoms with Crippen molar-refractivity contribution >= 4 is 0 Å². The highest BCUT2D eigenvalue weighted by molar-refractivity contribution is 5.32. The molecule has 1 aliphatic rings. The van der Waals surface area contributed by atoms with E-state index in [0.717, 1.165) is 6.07 Å². The van der Waals surface area contributed by atoms with Gasteiger partial charge in [0.05, 0.1) is 6.42 Å². The molecule has 23 heavy (non-hydrogen) atoms. The number of hydrogen-bond acceptors (Lipinski definition) is 6. The quantitative estimate of drug-likeness (QED) is 0.736. The van der Waals surface area contributed by atoms with Crippen LogP contribution in [0, 0.1) is 18.6 Å². The minimum Gasteiger partial charge on any atom is -0.340 e. The SMILES string of the molecule is Cc1nc(Cc2noc([C@H]3C[C@H]3c3ccc(F)cc3F)n2)no1. The molecule has 2 aromatic heterocycles. The van der Waals surface area contributed by atoms with Gasteiger partial charge in [-0.1, -0.05) is 16.4 Å². The molecule has 2 atom stereocenters. The van der Waals surface area contributed by atoms with Crippen LogP contribution in [0.15, 0.2) is 27.2 Å². The van der Waals surface area contributed by atoms with Crippen molar-refractivity contribution in [2.24, 2.45) is 0 Å². The first-order valence-electron chi connectivity index (χ1n) is 7.17. The molecular weight excluding hydrogens is 306 g/mol. The molecule has 1 aromatic carbocycles. The van der Waals surface area contributed by atoms with Crippen LogP contribution in [0.2, 0.25) is 0 Å². The largest absolute Gasteiger partial charge is 0.340 e. The Morgan fingerprint density at radius 2 is 1.87 bits per heavy atom. The predicted molar refractivity (Wildman–Crippen MR) is 72.6 cm³/mol. The lowest BCUT2D eigenvalue weighted by Gasteiger charge is -2.00. The lowest BCUT2D eigenvalue weighted by molar-refractivity contribution is 0.371. The summed E-state index contributed by atoms with van der Waals surface area (Å²) in [5.41, 5.74) is 0.477. The van der Waals surface area contributed by atoms with E-state index in [0.29, 0.717) is 41.8 Å². The van der Waals surface area contributed by atoms with Crippen molar-refractivity contribution in [2.45, 2.75) is 31.6 Å². The highest BCUT2D eigenvalue weighted by atomic mass is 19.1. The summed E-state index contributed by atoms with van der Waals surface area (Å²) in [7, 11) is 0. The molecule has 0 N–H and O–H groups in total. The molecule has 0 aliphatic heterocycles. The fraction of sp³-hybridized carbons (Fsp3) is 0.333. The molecule has 6 nitrogen and oxygen atoms in total. The third kappa shape index (κ3) is 2.71. The summed E-state index contributed by atoms with van der Waals surface area (Å²) >= 11 is 0. The first-order chi connectivity index (χ1) is 11.1. The van der Waals surface area contributed by atoms with Crippen molar-refractivity contribution < 1.29 is 17.8 Å². The zero-order chi connectivity index (χ0) is 16.0. The molecule has 0 amide bonds. The molecule has 0 saturated heterocycles. The van der Waals surface area contributed by atoms with E-state index >= 15 is 0 Å². The minimum atomic E-state index is -0.584. The van der Waals surface area contributed by atoms with Gasteiger partial charge in [0, 0.05) is 18.9 Å². The van der Waals surface area contributed by atoms with Crippen molar-refractivity contribution in [1.29, 1.82) is 0 Å². The van der Waals surface area contributed by atoms with E-state index in [4.69, 9.17) is 9.05 Å². The van der Waals surface area contributed by atoms with Gasteiger partial charge in [0.25, 0.3) is 0 Å². The predicted octanol–water partition coefficient (Wildman–Crippen LogP) is 2.90. The fourth-order valence-electron chi connectivity index (χ4n) is 2.66. The second-order valence-corrected chi connectivity index (χ2v) is 5.57. The van der Waals surface area contributed by atoms with E-state index in [2.05, 4.69) is 20.3 Å². The first-order valence-corrected chi connectivity index (χ1v) is 7.17. The summed E-state index contributed by atoms with van der Waals surface area (Å²) in [5, 5.41) is 7.66. The van der Waals surface area contributed by atoms with Crippen LogP contribution < -0.4 is 0 Å². The van der Waals surface area contributed by atoms with Crippen LogP contribution in [0.25, 0.3) is 0 Å². The molecular formula is C15H12F2N4O2. The van der Waals surface area contributed by atoms with Crippen LogP contribution in [0.5, 0.6) is 0 Å². The van der Waals surface area contributed by atoms with Crippen molar-refractivity contribution in [3.8, 4) is 0 Å². The van der Waals surface area contributed by atoms with Crippen molar-refractivity contribution in [2.75, 3.05) is 0 Å².